The zero-order valence-electron chi connectivity index (χ0n) is 18.9. The van der Waals surface area contributed by atoms with E-state index in [1.54, 1.807) is 19.2 Å². The first-order valence-electron chi connectivity index (χ1n) is 11.4. The summed E-state index contributed by atoms with van der Waals surface area (Å²) in [4.78, 5) is 9.65. The molecule has 8 heteroatoms. The van der Waals surface area contributed by atoms with Crippen molar-refractivity contribution in [2.45, 2.75) is 19.4 Å². The number of nitrogens with one attached hydrogen (secondary N) is 1. The summed E-state index contributed by atoms with van der Waals surface area (Å²) in [5.41, 5.74) is 0.965. The predicted molar refractivity (Wildman–Crippen MR) is 120 cm³/mol. The molecule has 3 rings (SSSR count). The Morgan fingerprint density at radius 1 is 1.29 bits per heavy atom. The minimum Gasteiger partial charge on any atom is -0.382 e. The summed E-state index contributed by atoms with van der Waals surface area (Å²) in [5, 5.41) is 3.44. The summed E-state index contributed by atoms with van der Waals surface area (Å²) in [5.74, 6) is 1.22. The van der Waals surface area contributed by atoms with Gasteiger partial charge in [0.1, 0.15) is 5.82 Å². The fraction of sp³-hybridized carbons (Fsp3) is 0.696. The number of rotatable bonds is 10. The Bertz CT molecular complexity index is 685. The highest BCUT2D eigenvalue weighted by Crippen LogP contribution is 2.24. The molecule has 0 aliphatic carbocycles. The summed E-state index contributed by atoms with van der Waals surface area (Å²) in [7, 11) is 1.69. The fourth-order valence-electron chi connectivity index (χ4n) is 4.19. The van der Waals surface area contributed by atoms with Crippen LogP contribution in [0.25, 0.3) is 0 Å². The first-order chi connectivity index (χ1) is 15.2. The Labute approximate surface area is 185 Å². The highest BCUT2D eigenvalue weighted by atomic mass is 19.1. The highest BCUT2D eigenvalue weighted by molar-refractivity contribution is 5.80. The van der Waals surface area contributed by atoms with Crippen molar-refractivity contribution in [3.63, 3.8) is 0 Å². The number of methoxy groups -OCH3 is 1. The second-order valence-corrected chi connectivity index (χ2v) is 8.08. The lowest BCUT2D eigenvalue weighted by molar-refractivity contribution is 0.0179. The molecule has 0 amide bonds. The number of likely N-dealkylation sites (tertiary alicyclic amines) is 1. The molecule has 0 radical (unpaired) electrons. The standard InChI is InChI=1S/C23H37FN4O3/c1-3-25-23(28-8-7-19(17-28)18-31-14-13-29-2)26-16-22(27-9-11-30-12-10-27)20-5-4-6-21(24)15-20/h4-6,15,19,22H,3,7-14,16-18H2,1-2H3,(H,25,26). The van der Waals surface area contributed by atoms with Gasteiger partial charge in [0.25, 0.3) is 0 Å². The lowest BCUT2D eigenvalue weighted by atomic mass is 10.0. The quantitative estimate of drug-likeness (QED) is 0.345. The van der Waals surface area contributed by atoms with E-state index in [1.165, 1.54) is 6.07 Å². The molecule has 2 aliphatic heterocycles. The van der Waals surface area contributed by atoms with E-state index in [1.807, 2.05) is 6.07 Å². The number of aliphatic imine (C=N–C) groups is 1. The zero-order chi connectivity index (χ0) is 21.9. The van der Waals surface area contributed by atoms with Gasteiger partial charge in [-0.25, -0.2) is 4.39 Å². The highest BCUT2D eigenvalue weighted by Gasteiger charge is 2.27. The topological polar surface area (TPSA) is 58.6 Å². The molecule has 2 fully saturated rings. The average Bonchev–Trinajstić information content (AvgIpc) is 3.26. The molecule has 1 N–H and O–H groups in total. The van der Waals surface area contributed by atoms with Crippen molar-refractivity contribution in [2.24, 2.45) is 10.9 Å². The molecule has 0 aromatic heterocycles. The van der Waals surface area contributed by atoms with E-state index < -0.39 is 0 Å². The van der Waals surface area contributed by atoms with Crippen LogP contribution >= 0.6 is 0 Å². The van der Waals surface area contributed by atoms with Gasteiger partial charge in [0.15, 0.2) is 5.96 Å². The van der Waals surface area contributed by atoms with Gasteiger partial charge in [0, 0.05) is 45.8 Å². The number of guanidine groups is 1. The summed E-state index contributed by atoms with van der Waals surface area (Å²) >= 11 is 0. The molecule has 2 unspecified atom stereocenters. The number of nitrogens with zero attached hydrogens (tertiary/aromatic N) is 3. The Morgan fingerprint density at radius 3 is 2.87 bits per heavy atom. The normalized spacial score (nSPS) is 21.5. The van der Waals surface area contributed by atoms with Gasteiger partial charge in [0.05, 0.1) is 45.6 Å². The van der Waals surface area contributed by atoms with Gasteiger partial charge in [-0.1, -0.05) is 12.1 Å². The molecule has 31 heavy (non-hydrogen) atoms. The van der Waals surface area contributed by atoms with Crippen molar-refractivity contribution in [2.75, 3.05) is 79.4 Å². The zero-order valence-corrected chi connectivity index (χ0v) is 18.9. The van der Waals surface area contributed by atoms with Crippen molar-refractivity contribution in [3.05, 3.63) is 35.6 Å². The van der Waals surface area contributed by atoms with Gasteiger partial charge in [0.2, 0.25) is 0 Å². The third kappa shape index (κ3) is 7.42. The second-order valence-electron chi connectivity index (χ2n) is 8.08. The molecular formula is C23H37FN4O3. The van der Waals surface area contributed by atoms with Crippen molar-refractivity contribution in [1.82, 2.24) is 15.1 Å². The van der Waals surface area contributed by atoms with Crippen LogP contribution < -0.4 is 5.32 Å². The van der Waals surface area contributed by atoms with Crippen molar-refractivity contribution < 1.29 is 18.6 Å². The number of hydrogen-bond donors (Lipinski definition) is 1. The Balaban J connectivity index is 1.66. The smallest absolute Gasteiger partial charge is 0.193 e. The first-order valence-corrected chi connectivity index (χ1v) is 11.4. The summed E-state index contributed by atoms with van der Waals surface area (Å²) in [6.45, 7) is 10.5. The van der Waals surface area contributed by atoms with Crippen LogP contribution in [-0.4, -0.2) is 95.2 Å². The molecule has 2 atom stereocenters. The van der Waals surface area contributed by atoms with Gasteiger partial charge >= 0.3 is 0 Å². The molecule has 0 spiro atoms. The van der Waals surface area contributed by atoms with Gasteiger partial charge < -0.3 is 24.4 Å². The monoisotopic (exact) mass is 436 g/mol. The Hall–Kier alpha value is -1.74. The van der Waals surface area contributed by atoms with Crippen LogP contribution in [0.15, 0.2) is 29.3 Å². The molecule has 1 aromatic rings. The molecule has 1 aromatic carbocycles. The van der Waals surface area contributed by atoms with Crippen LogP contribution in [0.5, 0.6) is 0 Å². The van der Waals surface area contributed by atoms with Crippen LogP contribution in [0.3, 0.4) is 0 Å². The number of hydrogen-bond acceptors (Lipinski definition) is 5. The second kappa shape index (κ2) is 13.0. The van der Waals surface area contributed by atoms with E-state index in [0.717, 1.165) is 57.3 Å². The lowest BCUT2D eigenvalue weighted by Crippen LogP contribution is -2.43. The van der Waals surface area contributed by atoms with E-state index in [-0.39, 0.29) is 11.9 Å². The van der Waals surface area contributed by atoms with E-state index in [4.69, 9.17) is 19.2 Å². The molecular weight excluding hydrogens is 399 g/mol. The van der Waals surface area contributed by atoms with E-state index >= 15 is 0 Å². The molecule has 2 heterocycles. The number of halogens is 1. The largest absolute Gasteiger partial charge is 0.382 e. The van der Waals surface area contributed by atoms with Crippen LogP contribution in [0.2, 0.25) is 0 Å². The van der Waals surface area contributed by atoms with Crippen molar-refractivity contribution in [3.8, 4) is 0 Å². The van der Waals surface area contributed by atoms with Gasteiger partial charge in [-0.15, -0.1) is 0 Å². The fourth-order valence-corrected chi connectivity index (χ4v) is 4.19. The number of benzene rings is 1. The van der Waals surface area contributed by atoms with Crippen LogP contribution in [0.1, 0.15) is 24.9 Å². The number of ether oxygens (including phenoxy) is 3. The summed E-state index contributed by atoms with van der Waals surface area (Å²) in [6, 6.07) is 6.93. The minimum absolute atomic E-state index is 0.0315. The van der Waals surface area contributed by atoms with Gasteiger partial charge in [-0.3, -0.25) is 9.89 Å². The van der Waals surface area contributed by atoms with Crippen molar-refractivity contribution in [1.29, 1.82) is 0 Å². The SMILES string of the molecule is CCNC(=NCC(c1cccc(F)c1)N1CCOCC1)N1CCC(COCCOC)C1. The maximum absolute atomic E-state index is 13.9. The Morgan fingerprint density at radius 2 is 2.13 bits per heavy atom. The maximum atomic E-state index is 13.9. The lowest BCUT2D eigenvalue weighted by Gasteiger charge is -2.34. The van der Waals surface area contributed by atoms with Gasteiger partial charge in [-0.2, -0.15) is 0 Å². The third-order valence-corrected chi connectivity index (χ3v) is 5.84. The molecule has 2 aliphatic rings. The molecule has 7 nitrogen and oxygen atoms in total. The summed E-state index contributed by atoms with van der Waals surface area (Å²) in [6.07, 6.45) is 1.09. The molecule has 174 valence electrons. The van der Waals surface area contributed by atoms with Crippen molar-refractivity contribution >= 4 is 5.96 Å². The average molecular weight is 437 g/mol. The number of morpholine rings is 1. The molecule has 0 saturated carbocycles. The molecule has 2 saturated heterocycles. The third-order valence-electron chi connectivity index (χ3n) is 5.84. The first kappa shape index (κ1) is 23.9. The van der Waals surface area contributed by atoms with Crippen LogP contribution in [0, 0.1) is 11.7 Å². The van der Waals surface area contributed by atoms with Gasteiger partial charge in [-0.05, 0) is 31.0 Å². The van der Waals surface area contributed by atoms with Crippen LogP contribution in [0.4, 0.5) is 4.39 Å². The maximum Gasteiger partial charge on any atom is 0.193 e. The van der Waals surface area contributed by atoms with E-state index in [0.29, 0.717) is 38.9 Å². The minimum atomic E-state index is -0.206. The predicted octanol–water partition coefficient (Wildman–Crippen LogP) is 2.15. The Kier molecular flexibility index (Phi) is 9.99. The van der Waals surface area contributed by atoms with E-state index in [9.17, 15) is 4.39 Å². The summed E-state index contributed by atoms with van der Waals surface area (Å²) < 4.78 is 30.2. The molecule has 0 bridgehead atoms. The van der Waals surface area contributed by atoms with E-state index in [2.05, 4.69) is 22.0 Å². The van der Waals surface area contributed by atoms with Crippen LogP contribution in [-0.2, 0) is 14.2 Å².